The van der Waals surface area contributed by atoms with Gasteiger partial charge in [0.1, 0.15) is 54.9 Å². The summed E-state index contributed by atoms with van der Waals surface area (Å²) in [5.74, 6) is -0.407. The van der Waals surface area contributed by atoms with E-state index in [4.69, 9.17) is 28.4 Å². The number of hydrogen-bond donors (Lipinski definition) is 7. The maximum atomic E-state index is 12.9. The highest BCUT2D eigenvalue weighted by atomic mass is 16.7. The van der Waals surface area contributed by atoms with Gasteiger partial charge in [0.25, 0.3) is 0 Å². The molecule has 0 amide bonds. The molecule has 0 aromatic heterocycles. The Bertz CT molecular complexity index is 1310. The summed E-state index contributed by atoms with van der Waals surface area (Å²) in [7, 11) is 0. The monoisotopic (exact) mass is 895 g/mol. The Kier molecular flexibility index (Phi) is 32.9. The molecule has 7 N–H and O–H groups in total. The van der Waals surface area contributed by atoms with Crippen molar-refractivity contribution in [3.05, 3.63) is 72.9 Å². The third-order valence-electron chi connectivity index (χ3n) is 10.7. The van der Waals surface area contributed by atoms with Gasteiger partial charge in [0.05, 0.1) is 26.4 Å². The van der Waals surface area contributed by atoms with Crippen molar-refractivity contribution in [2.24, 2.45) is 0 Å². The number of aliphatic hydroxyl groups is 7. The Labute approximate surface area is 377 Å². The molecule has 2 rings (SSSR count). The molecule has 0 spiro atoms. The van der Waals surface area contributed by atoms with Crippen molar-refractivity contribution in [1.82, 2.24) is 0 Å². The topological polar surface area (TPSA) is 214 Å². The molecule has 14 heteroatoms. The van der Waals surface area contributed by atoms with Gasteiger partial charge in [-0.25, -0.2) is 0 Å². The molecule has 2 aliphatic heterocycles. The van der Waals surface area contributed by atoms with Crippen LogP contribution in [0.5, 0.6) is 0 Å². The number of allylic oxidation sites excluding steroid dienone is 12. The van der Waals surface area contributed by atoms with Crippen molar-refractivity contribution in [2.45, 2.75) is 197 Å². The molecule has 2 fully saturated rings. The SMILES string of the molecule is CC/C=C\C/C=C\C/C=C\C/C=C\CCCCCOCC(COC1OC(COC2OC(CO)C(O)C(O)C2O)C(O)C(O)C1O)OC(=O)CCCCCCC/C=C\C/C=C\CCC. The second-order valence-electron chi connectivity index (χ2n) is 16.2. The summed E-state index contributed by atoms with van der Waals surface area (Å²) in [6.07, 6.45) is 26.9. The number of hydrogen-bond acceptors (Lipinski definition) is 14. The summed E-state index contributed by atoms with van der Waals surface area (Å²) in [5, 5.41) is 72.0. The van der Waals surface area contributed by atoms with Gasteiger partial charge in [-0.1, -0.05) is 119 Å². The number of ether oxygens (including phenoxy) is 6. The predicted molar refractivity (Wildman–Crippen MR) is 242 cm³/mol. The molecule has 11 atom stereocenters. The Balaban J connectivity index is 1.83. The lowest BCUT2D eigenvalue weighted by molar-refractivity contribution is -0.332. The molecule has 11 unspecified atom stereocenters. The zero-order valence-corrected chi connectivity index (χ0v) is 38.0. The number of carbonyl (C=O) groups is 1. The van der Waals surface area contributed by atoms with Crippen LogP contribution in [0.25, 0.3) is 0 Å². The molecule has 0 aromatic rings. The molecule has 2 saturated heterocycles. The molecule has 2 heterocycles. The molecule has 0 aliphatic carbocycles. The number of carbonyl (C=O) groups excluding carboxylic acids is 1. The second kappa shape index (κ2) is 36.6. The normalized spacial score (nSPS) is 27.6. The fourth-order valence-electron chi connectivity index (χ4n) is 6.84. The summed E-state index contributed by atoms with van der Waals surface area (Å²) in [6, 6.07) is 0. The molecule has 0 saturated carbocycles. The quantitative estimate of drug-likeness (QED) is 0.0223. The standard InChI is InChI=1S/C49H82O14/c1-3-5-7-9-11-13-15-17-18-19-21-23-25-27-29-31-33-58-35-38(61-41(51)32-30-28-26-24-22-20-16-14-12-10-8-6-4-2)36-59-48-47(57)45(55)43(53)40(63-48)37-60-49-46(56)44(54)42(52)39(34-50)62-49/h5,7-8,10-11,13-14,16-18,21,23,38-40,42-50,52-57H,3-4,6,9,12,15,19-20,22,24-37H2,1-2H3/b7-5-,10-8-,13-11-,16-14-,18-17-,23-21-. The lowest BCUT2D eigenvalue weighted by Crippen LogP contribution is -2.61. The first-order valence-electron chi connectivity index (χ1n) is 23.5. The van der Waals surface area contributed by atoms with Crippen LogP contribution in [-0.4, -0.2) is 142 Å². The molecule has 2 aliphatic rings. The van der Waals surface area contributed by atoms with Gasteiger partial charge in [-0.3, -0.25) is 4.79 Å². The van der Waals surface area contributed by atoms with E-state index in [1.54, 1.807) is 0 Å². The number of rotatable bonds is 35. The highest BCUT2D eigenvalue weighted by Crippen LogP contribution is 2.26. The van der Waals surface area contributed by atoms with E-state index >= 15 is 0 Å². The fourth-order valence-corrected chi connectivity index (χ4v) is 6.84. The summed E-state index contributed by atoms with van der Waals surface area (Å²) >= 11 is 0. The maximum Gasteiger partial charge on any atom is 0.306 e. The Morgan fingerprint density at radius 2 is 1.03 bits per heavy atom. The van der Waals surface area contributed by atoms with Gasteiger partial charge >= 0.3 is 5.97 Å². The van der Waals surface area contributed by atoms with Gasteiger partial charge in [-0.2, -0.15) is 0 Å². The first kappa shape index (κ1) is 56.6. The minimum atomic E-state index is -1.72. The van der Waals surface area contributed by atoms with Gasteiger partial charge in [-0.05, 0) is 77.0 Å². The summed E-state index contributed by atoms with van der Waals surface area (Å²) < 4.78 is 34.1. The molecular formula is C49H82O14. The van der Waals surface area contributed by atoms with Gasteiger partial charge in [0.15, 0.2) is 12.6 Å². The third kappa shape index (κ3) is 25.1. The third-order valence-corrected chi connectivity index (χ3v) is 10.7. The van der Waals surface area contributed by atoms with Crippen LogP contribution in [0.3, 0.4) is 0 Å². The van der Waals surface area contributed by atoms with E-state index in [0.29, 0.717) is 13.0 Å². The zero-order chi connectivity index (χ0) is 45.9. The van der Waals surface area contributed by atoms with Crippen molar-refractivity contribution in [1.29, 1.82) is 0 Å². The second-order valence-corrected chi connectivity index (χ2v) is 16.2. The summed E-state index contributed by atoms with van der Waals surface area (Å²) in [5.41, 5.74) is 0. The molecule has 0 aromatic carbocycles. The van der Waals surface area contributed by atoms with E-state index in [0.717, 1.165) is 103 Å². The van der Waals surface area contributed by atoms with E-state index in [-0.39, 0.29) is 19.6 Å². The number of aliphatic hydroxyl groups excluding tert-OH is 7. The Morgan fingerprint density at radius 1 is 0.540 bits per heavy atom. The van der Waals surface area contributed by atoms with Crippen LogP contribution in [0.4, 0.5) is 0 Å². The number of esters is 1. The fraction of sp³-hybridized carbons (Fsp3) is 0.735. The van der Waals surface area contributed by atoms with Gasteiger partial charge in [0.2, 0.25) is 0 Å². The molecule has 0 bridgehead atoms. The van der Waals surface area contributed by atoms with Crippen LogP contribution in [0.2, 0.25) is 0 Å². The summed E-state index contributed by atoms with van der Waals surface area (Å²) in [4.78, 5) is 12.9. The van der Waals surface area contributed by atoms with Crippen LogP contribution in [-0.2, 0) is 33.2 Å². The summed E-state index contributed by atoms with van der Waals surface area (Å²) in [6.45, 7) is 3.37. The van der Waals surface area contributed by atoms with Crippen LogP contribution in [0, 0.1) is 0 Å². The van der Waals surface area contributed by atoms with Crippen molar-refractivity contribution < 1.29 is 69.0 Å². The molecule has 63 heavy (non-hydrogen) atoms. The van der Waals surface area contributed by atoms with Crippen LogP contribution < -0.4 is 0 Å². The van der Waals surface area contributed by atoms with E-state index in [1.807, 2.05) is 0 Å². The van der Waals surface area contributed by atoms with Crippen molar-refractivity contribution >= 4 is 5.97 Å². The van der Waals surface area contributed by atoms with Crippen LogP contribution >= 0.6 is 0 Å². The van der Waals surface area contributed by atoms with E-state index in [9.17, 15) is 40.5 Å². The van der Waals surface area contributed by atoms with Gasteiger partial charge < -0.3 is 64.2 Å². The minimum absolute atomic E-state index is 0.0299. The Morgan fingerprint density at radius 3 is 1.62 bits per heavy atom. The molecule has 0 radical (unpaired) electrons. The van der Waals surface area contributed by atoms with Crippen molar-refractivity contribution in [3.63, 3.8) is 0 Å². The highest BCUT2D eigenvalue weighted by Gasteiger charge is 2.47. The maximum absolute atomic E-state index is 12.9. The van der Waals surface area contributed by atoms with Gasteiger partial charge in [0, 0.05) is 13.0 Å². The zero-order valence-electron chi connectivity index (χ0n) is 38.0. The van der Waals surface area contributed by atoms with Crippen molar-refractivity contribution in [2.75, 3.05) is 33.0 Å². The smallest absolute Gasteiger partial charge is 0.306 e. The largest absolute Gasteiger partial charge is 0.457 e. The predicted octanol–water partition coefficient (Wildman–Crippen LogP) is 5.95. The first-order chi connectivity index (χ1) is 30.6. The van der Waals surface area contributed by atoms with E-state index < -0.39 is 86.7 Å². The van der Waals surface area contributed by atoms with Crippen LogP contribution in [0.1, 0.15) is 129 Å². The molecular weight excluding hydrogens is 813 g/mol. The average Bonchev–Trinajstić information content (AvgIpc) is 3.28. The minimum Gasteiger partial charge on any atom is -0.457 e. The number of unbranched alkanes of at least 4 members (excludes halogenated alkanes) is 9. The van der Waals surface area contributed by atoms with E-state index in [1.165, 1.54) is 0 Å². The van der Waals surface area contributed by atoms with E-state index in [2.05, 4.69) is 86.8 Å². The average molecular weight is 895 g/mol. The van der Waals surface area contributed by atoms with Crippen molar-refractivity contribution in [3.8, 4) is 0 Å². The molecule has 14 nitrogen and oxygen atoms in total. The first-order valence-corrected chi connectivity index (χ1v) is 23.5. The lowest BCUT2D eigenvalue weighted by Gasteiger charge is -2.42. The molecule has 362 valence electrons. The highest BCUT2D eigenvalue weighted by molar-refractivity contribution is 5.69. The van der Waals surface area contributed by atoms with Crippen LogP contribution in [0.15, 0.2) is 72.9 Å². The van der Waals surface area contributed by atoms with Gasteiger partial charge in [-0.15, -0.1) is 0 Å². The lowest BCUT2D eigenvalue weighted by atomic mass is 9.98. The Hall–Kier alpha value is -2.57.